The van der Waals surface area contributed by atoms with Gasteiger partial charge < -0.3 is 5.11 Å². The second kappa shape index (κ2) is 7.40. The van der Waals surface area contributed by atoms with Crippen LogP contribution in [0.25, 0.3) is 0 Å². The SMILES string of the molecule is CC(C)CN(C1CCCC1)S(=O)(=O)N1CCCC(CO)C1. The monoisotopic (exact) mass is 318 g/mol. The zero-order valence-electron chi connectivity index (χ0n) is 13.4. The zero-order chi connectivity index (χ0) is 15.5. The topological polar surface area (TPSA) is 60.9 Å². The van der Waals surface area contributed by atoms with Crippen LogP contribution in [-0.2, 0) is 10.2 Å². The summed E-state index contributed by atoms with van der Waals surface area (Å²) in [7, 11) is -3.39. The molecule has 5 nitrogen and oxygen atoms in total. The molecule has 1 saturated heterocycles. The summed E-state index contributed by atoms with van der Waals surface area (Å²) in [5.41, 5.74) is 0. The van der Waals surface area contributed by atoms with Crippen molar-refractivity contribution >= 4 is 10.2 Å². The maximum absolute atomic E-state index is 13.0. The number of aliphatic hydroxyl groups is 1. The van der Waals surface area contributed by atoms with Gasteiger partial charge in [-0.05, 0) is 37.5 Å². The molecule has 1 aliphatic heterocycles. The molecule has 1 unspecified atom stereocenters. The van der Waals surface area contributed by atoms with Crippen molar-refractivity contribution in [3.05, 3.63) is 0 Å². The molecule has 2 rings (SSSR count). The molecule has 0 amide bonds. The van der Waals surface area contributed by atoms with Gasteiger partial charge in [-0.1, -0.05) is 26.7 Å². The lowest BCUT2D eigenvalue weighted by atomic mass is 10.0. The molecule has 1 N–H and O–H groups in total. The van der Waals surface area contributed by atoms with Gasteiger partial charge in [-0.25, -0.2) is 0 Å². The Balaban J connectivity index is 2.15. The smallest absolute Gasteiger partial charge is 0.282 e. The van der Waals surface area contributed by atoms with Gasteiger partial charge in [0.1, 0.15) is 0 Å². The number of rotatable bonds is 6. The Morgan fingerprint density at radius 2 is 1.86 bits per heavy atom. The van der Waals surface area contributed by atoms with Gasteiger partial charge in [0.25, 0.3) is 10.2 Å². The molecule has 6 heteroatoms. The third kappa shape index (κ3) is 4.18. The Bertz CT molecular complexity index is 419. The second-order valence-corrected chi connectivity index (χ2v) is 8.84. The minimum absolute atomic E-state index is 0.0830. The van der Waals surface area contributed by atoms with Crippen molar-refractivity contribution in [1.29, 1.82) is 0 Å². The number of hydrogen-bond donors (Lipinski definition) is 1. The fourth-order valence-electron chi connectivity index (χ4n) is 3.52. The van der Waals surface area contributed by atoms with E-state index in [0.29, 0.717) is 25.6 Å². The molecule has 124 valence electrons. The van der Waals surface area contributed by atoms with Crippen LogP contribution in [-0.4, -0.2) is 54.4 Å². The van der Waals surface area contributed by atoms with E-state index < -0.39 is 10.2 Å². The summed E-state index contributed by atoms with van der Waals surface area (Å²) in [6.07, 6.45) is 6.02. The van der Waals surface area contributed by atoms with Crippen LogP contribution in [0.3, 0.4) is 0 Å². The van der Waals surface area contributed by atoms with Gasteiger partial charge in [0.05, 0.1) is 0 Å². The maximum atomic E-state index is 13.0. The average Bonchev–Trinajstić information content (AvgIpc) is 2.98. The van der Waals surface area contributed by atoms with Gasteiger partial charge in [0.15, 0.2) is 0 Å². The van der Waals surface area contributed by atoms with Crippen molar-refractivity contribution < 1.29 is 13.5 Å². The van der Waals surface area contributed by atoms with E-state index in [0.717, 1.165) is 38.5 Å². The summed E-state index contributed by atoms with van der Waals surface area (Å²) in [6, 6.07) is 0.173. The van der Waals surface area contributed by atoms with E-state index in [9.17, 15) is 13.5 Å². The molecule has 0 aromatic heterocycles. The third-order valence-corrected chi connectivity index (χ3v) is 6.66. The van der Waals surface area contributed by atoms with E-state index in [1.807, 2.05) is 0 Å². The highest BCUT2D eigenvalue weighted by atomic mass is 32.2. The molecule has 0 aromatic rings. The van der Waals surface area contributed by atoms with Crippen molar-refractivity contribution in [3.8, 4) is 0 Å². The first kappa shape index (κ1) is 17.2. The maximum Gasteiger partial charge on any atom is 0.282 e. The lowest BCUT2D eigenvalue weighted by molar-refractivity contribution is 0.157. The first-order valence-corrected chi connectivity index (χ1v) is 9.72. The van der Waals surface area contributed by atoms with Gasteiger partial charge in [0, 0.05) is 32.3 Å². The van der Waals surface area contributed by atoms with Gasteiger partial charge in [-0.3, -0.25) is 0 Å². The number of aliphatic hydroxyl groups excluding tert-OH is 1. The van der Waals surface area contributed by atoms with E-state index in [1.54, 1.807) is 8.61 Å². The molecule has 0 bridgehead atoms. The summed E-state index contributed by atoms with van der Waals surface area (Å²) in [5, 5.41) is 9.33. The van der Waals surface area contributed by atoms with E-state index >= 15 is 0 Å². The number of nitrogens with zero attached hydrogens (tertiary/aromatic N) is 2. The summed E-state index contributed by atoms with van der Waals surface area (Å²) >= 11 is 0. The van der Waals surface area contributed by atoms with Gasteiger partial charge in [0.2, 0.25) is 0 Å². The summed E-state index contributed by atoms with van der Waals surface area (Å²) < 4.78 is 29.4. The molecule has 21 heavy (non-hydrogen) atoms. The van der Waals surface area contributed by atoms with Gasteiger partial charge in [-0.2, -0.15) is 17.0 Å². The lowest BCUT2D eigenvalue weighted by Crippen LogP contribution is -2.52. The van der Waals surface area contributed by atoms with Crippen LogP contribution in [0.1, 0.15) is 52.4 Å². The highest BCUT2D eigenvalue weighted by molar-refractivity contribution is 7.86. The molecule has 1 atom stereocenters. The molecule has 0 aromatic carbocycles. The van der Waals surface area contributed by atoms with Crippen molar-refractivity contribution in [2.75, 3.05) is 26.2 Å². The second-order valence-electron chi connectivity index (χ2n) is 6.96. The Labute approximate surface area is 129 Å². The van der Waals surface area contributed by atoms with Crippen LogP contribution in [0.5, 0.6) is 0 Å². The summed E-state index contributed by atoms with van der Waals surface area (Å²) in [4.78, 5) is 0. The molecule has 1 heterocycles. The fourth-order valence-corrected chi connectivity index (χ4v) is 5.65. The highest BCUT2D eigenvalue weighted by Gasteiger charge is 2.38. The Kier molecular flexibility index (Phi) is 6.05. The van der Waals surface area contributed by atoms with E-state index in [4.69, 9.17) is 0 Å². The summed E-state index contributed by atoms with van der Waals surface area (Å²) in [5.74, 6) is 0.428. The molecule has 1 saturated carbocycles. The summed E-state index contributed by atoms with van der Waals surface area (Å²) in [6.45, 7) is 5.90. The predicted molar refractivity (Wildman–Crippen MR) is 84.1 cm³/mol. The van der Waals surface area contributed by atoms with Crippen LogP contribution >= 0.6 is 0 Å². The van der Waals surface area contributed by atoms with Gasteiger partial charge >= 0.3 is 0 Å². The molecule has 1 aliphatic carbocycles. The van der Waals surface area contributed by atoms with E-state index in [-0.39, 0.29) is 18.6 Å². The van der Waals surface area contributed by atoms with Crippen LogP contribution in [0.2, 0.25) is 0 Å². The van der Waals surface area contributed by atoms with Gasteiger partial charge in [-0.15, -0.1) is 0 Å². The quantitative estimate of drug-likeness (QED) is 0.813. The van der Waals surface area contributed by atoms with Crippen LogP contribution < -0.4 is 0 Å². The van der Waals surface area contributed by atoms with Crippen molar-refractivity contribution in [3.63, 3.8) is 0 Å². The normalized spacial score (nSPS) is 26.0. The zero-order valence-corrected chi connectivity index (χ0v) is 14.2. The largest absolute Gasteiger partial charge is 0.396 e. The molecule has 0 radical (unpaired) electrons. The Hall–Kier alpha value is -0.170. The standard InChI is InChI=1S/C15H30N2O3S/c1-13(2)10-17(15-7-3-4-8-15)21(19,20)16-9-5-6-14(11-16)12-18/h13-15,18H,3-12H2,1-2H3. The van der Waals surface area contributed by atoms with Crippen molar-refractivity contribution in [2.45, 2.75) is 58.4 Å². The third-order valence-electron chi connectivity index (χ3n) is 4.64. The molecule has 0 spiro atoms. The number of piperidine rings is 1. The molecular formula is C15H30N2O3S. The first-order valence-electron chi connectivity index (χ1n) is 8.33. The average molecular weight is 318 g/mol. The van der Waals surface area contributed by atoms with Crippen molar-refractivity contribution in [2.24, 2.45) is 11.8 Å². The lowest BCUT2D eigenvalue weighted by Gasteiger charge is -2.38. The highest BCUT2D eigenvalue weighted by Crippen LogP contribution is 2.29. The Morgan fingerprint density at radius 3 is 2.43 bits per heavy atom. The Morgan fingerprint density at radius 1 is 1.19 bits per heavy atom. The molecule has 2 aliphatic rings. The minimum atomic E-state index is -3.39. The van der Waals surface area contributed by atoms with E-state index in [2.05, 4.69) is 13.8 Å². The predicted octanol–water partition coefficient (Wildman–Crippen LogP) is 1.84. The van der Waals surface area contributed by atoms with Crippen LogP contribution in [0.15, 0.2) is 0 Å². The first-order chi connectivity index (χ1) is 9.95. The fraction of sp³-hybridized carbons (Fsp3) is 1.00. The molecule has 2 fully saturated rings. The number of hydrogen-bond acceptors (Lipinski definition) is 3. The van der Waals surface area contributed by atoms with E-state index in [1.165, 1.54) is 0 Å². The van der Waals surface area contributed by atoms with Crippen LogP contribution in [0, 0.1) is 11.8 Å². The van der Waals surface area contributed by atoms with Crippen molar-refractivity contribution in [1.82, 2.24) is 8.61 Å². The minimum Gasteiger partial charge on any atom is -0.396 e. The molecular weight excluding hydrogens is 288 g/mol. The van der Waals surface area contributed by atoms with Crippen LogP contribution in [0.4, 0.5) is 0 Å².